The van der Waals surface area contributed by atoms with Crippen LogP contribution in [0, 0.1) is 5.82 Å². The van der Waals surface area contributed by atoms with Crippen LogP contribution >= 0.6 is 11.3 Å². The lowest BCUT2D eigenvalue weighted by molar-refractivity contribution is -0.120. The molecule has 7 nitrogen and oxygen atoms in total. The number of nitrogens with one attached hydrogen (secondary N) is 2. The number of benzene rings is 1. The Morgan fingerprint density at radius 1 is 1.33 bits per heavy atom. The molecule has 0 bridgehead atoms. The quantitative estimate of drug-likeness (QED) is 0.651. The summed E-state index contributed by atoms with van der Waals surface area (Å²) in [5, 5.41) is 17.2. The second kappa shape index (κ2) is 8.85. The van der Waals surface area contributed by atoms with Crippen LogP contribution < -0.4 is 10.6 Å². The van der Waals surface area contributed by atoms with Gasteiger partial charge < -0.3 is 20.5 Å². The van der Waals surface area contributed by atoms with Gasteiger partial charge in [-0.05, 0) is 18.2 Å². The van der Waals surface area contributed by atoms with E-state index in [9.17, 15) is 19.1 Å². The molecule has 0 spiro atoms. The van der Waals surface area contributed by atoms with Crippen LogP contribution in [0.15, 0.2) is 48.0 Å². The van der Waals surface area contributed by atoms with Crippen LogP contribution in [-0.2, 0) is 9.53 Å². The molecule has 0 saturated heterocycles. The van der Waals surface area contributed by atoms with E-state index in [0.29, 0.717) is 5.13 Å². The number of thiazole rings is 1. The van der Waals surface area contributed by atoms with Crippen LogP contribution in [0.25, 0.3) is 0 Å². The van der Waals surface area contributed by atoms with E-state index in [2.05, 4.69) is 15.6 Å². The van der Waals surface area contributed by atoms with Crippen molar-refractivity contribution in [3.63, 3.8) is 0 Å². The monoisotopic (exact) mass is 391 g/mol. The lowest BCUT2D eigenvalue weighted by Crippen LogP contribution is -2.48. The number of rotatable bonds is 6. The maximum absolute atomic E-state index is 13.3. The molecule has 1 aromatic heterocycles. The number of hydrogen-bond donors (Lipinski definition) is 3. The fourth-order valence-electron chi connectivity index (χ4n) is 2.64. The van der Waals surface area contributed by atoms with E-state index in [0.717, 1.165) is 6.07 Å². The van der Waals surface area contributed by atoms with Gasteiger partial charge in [0.05, 0.1) is 25.2 Å². The van der Waals surface area contributed by atoms with Crippen LogP contribution in [0.1, 0.15) is 16.8 Å². The van der Waals surface area contributed by atoms with E-state index in [4.69, 9.17) is 4.74 Å². The Labute approximate surface area is 158 Å². The first-order valence-corrected chi connectivity index (χ1v) is 9.13. The van der Waals surface area contributed by atoms with Gasteiger partial charge in [-0.1, -0.05) is 18.2 Å². The number of aliphatic hydroxyl groups excluding tert-OH is 1. The summed E-state index contributed by atoms with van der Waals surface area (Å²) in [5.41, 5.74) is 0.171. The highest BCUT2D eigenvalue weighted by molar-refractivity contribution is 7.13. The maximum atomic E-state index is 13.3. The zero-order chi connectivity index (χ0) is 19.2. The van der Waals surface area contributed by atoms with E-state index in [1.165, 1.54) is 29.5 Å². The highest BCUT2D eigenvalue weighted by Crippen LogP contribution is 2.18. The number of carbonyl (C=O) groups excluding carboxylic acids is 2. The number of halogens is 1. The zero-order valence-corrected chi connectivity index (χ0v) is 15.0. The summed E-state index contributed by atoms with van der Waals surface area (Å²) in [6, 6.07) is 4.72. The number of aromatic nitrogens is 1. The molecular formula is C18H18FN3O4S. The van der Waals surface area contributed by atoms with Gasteiger partial charge in [-0.3, -0.25) is 9.59 Å². The summed E-state index contributed by atoms with van der Waals surface area (Å²) in [4.78, 5) is 28.2. The topological polar surface area (TPSA) is 101 Å². The normalized spacial score (nSPS) is 21.6. The minimum Gasteiger partial charge on any atom is -0.394 e. The molecular weight excluding hydrogens is 373 g/mol. The van der Waals surface area contributed by atoms with Gasteiger partial charge >= 0.3 is 0 Å². The van der Waals surface area contributed by atoms with Crippen LogP contribution in [0.4, 0.5) is 9.52 Å². The van der Waals surface area contributed by atoms with E-state index < -0.39 is 30.0 Å². The molecule has 0 radical (unpaired) electrons. The Hall–Kier alpha value is -2.62. The van der Waals surface area contributed by atoms with E-state index in [1.807, 2.05) is 0 Å². The number of nitrogens with zero attached hydrogens (tertiary/aromatic N) is 1. The second-order valence-electron chi connectivity index (χ2n) is 5.88. The number of hydrogen-bond acceptors (Lipinski definition) is 6. The van der Waals surface area contributed by atoms with Crippen molar-refractivity contribution in [1.82, 2.24) is 10.3 Å². The number of carbonyl (C=O) groups is 2. The van der Waals surface area contributed by atoms with Crippen molar-refractivity contribution in [3.05, 3.63) is 59.4 Å². The highest BCUT2D eigenvalue weighted by atomic mass is 32.1. The maximum Gasteiger partial charge on any atom is 0.251 e. The molecule has 3 atom stereocenters. The minimum atomic E-state index is -0.717. The summed E-state index contributed by atoms with van der Waals surface area (Å²) in [7, 11) is 0. The molecule has 3 rings (SSSR count). The third-order valence-corrected chi connectivity index (χ3v) is 4.60. The standard InChI is InChI=1S/C18H18FN3O4S/c19-12-3-1-2-11(8-12)17(25)21-14-5-4-13(26-15(14)10-23)9-16(24)22-18-20-6-7-27-18/h1-8,13-15,23H,9-10H2,(H,21,25)(H,20,22,24)/t13-,14+,15+/m0/s1. The number of ether oxygens (including phenoxy) is 1. The predicted molar refractivity (Wildman–Crippen MR) is 97.9 cm³/mol. The molecule has 0 aliphatic carbocycles. The summed E-state index contributed by atoms with van der Waals surface area (Å²) in [6.07, 6.45) is 3.71. The van der Waals surface area contributed by atoms with Crippen molar-refractivity contribution in [2.75, 3.05) is 11.9 Å². The third kappa shape index (κ3) is 5.19. The van der Waals surface area contributed by atoms with E-state index in [1.54, 1.807) is 23.7 Å². The smallest absolute Gasteiger partial charge is 0.251 e. The highest BCUT2D eigenvalue weighted by Gasteiger charge is 2.29. The van der Waals surface area contributed by atoms with Gasteiger partial charge in [0.25, 0.3) is 5.91 Å². The fraction of sp³-hybridized carbons (Fsp3) is 0.278. The van der Waals surface area contributed by atoms with Crippen molar-refractivity contribution in [3.8, 4) is 0 Å². The average molecular weight is 391 g/mol. The summed E-state index contributed by atoms with van der Waals surface area (Å²) < 4.78 is 19.0. The van der Waals surface area contributed by atoms with Crippen molar-refractivity contribution in [1.29, 1.82) is 0 Å². The van der Waals surface area contributed by atoms with Crippen molar-refractivity contribution >= 4 is 28.3 Å². The first-order valence-electron chi connectivity index (χ1n) is 8.25. The van der Waals surface area contributed by atoms with E-state index >= 15 is 0 Å². The Kier molecular flexibility index (Phi) is 6.28. The second-order valence-corrected chi connectivity index (χ2v) is 6.77. The molecule has 1 aromatic carbocycles. The molecule has 1 aliphatic rings. The molecule has 27 heavy (non-hydrogen) atoms. The Morgan fingerprint density at radius 3 is 2.89 bits per heavy atom. The lowest BCUT2D eigenvalue weighted by atomic mass is 10.0. The molecule has 0 unspecified atom stereocenters. The van der Waals surface area contributed by atoms with Crippen molar-refractivity contribution < 1.29 is 23.8 Å². The summed E-state index contributed by atoms with van der Waals surface area (Å²) in [6.45, 7) is -0.344. The van der Waals surface area contributed by atoms with Gasteiger partial charge in [0, 0.05) is 17.1 Å². The first-order chi connectivity index (χ1) is 13.0. The summed E-state index contributed by atoms with van der Waals surface area (Å²) in [5.74, 6) is -1.26. The minimum absolute atomic E-state index is 0.0527. The molecule has 0 fully saturated rings. The van der Waals surface area contributed by atoms with Gasteiger partial charge in [-0.15, -0.1) is 11.3 Å². The van der Waals surface area contributed by atoms with Crippen LogP contribution in [0.2, 0.25) is 0 Å². The van der Waals surface area contributed by atoms with Crippen LogP contribution in [0.3, 0.4) is 0 Å². The third-order valence-electron chi connectivity index (χ3n) is 3.91. The molecule has 0 saturated carbocycles. The van der Waals surface area contributed by atoms with Crippen LogP contribution in [-0.4, -0.2) is 46.8 Å². The van der Waals surface area contributed by atoms with Gasteiger partial charge in [0.2, 0.25) is 5.91 Å². The van der Waals surface area contributed by atoms with Gasteiger partial charge in [-0.25, -0.2) is 9.37 Å². The van der Waals surface area contributed by atoms with Crippen molar-refractivity contribution in [2.45, 2.75) is 24.7 Å². The molecule has 9 heteroatoms. The molecule has 1 aliphatic heterocycles. The number of aliphatic hydroxyl groups is 1. The fourth-order valence-corrected chi connectivity index (χ4v) is 3.18. The molecule has 142 valence electrons. The van der Waals surface area contributed by atoms with Gasteiger partial charge in [0.15, 0.2) is 5.13 Å². The SMILES string of the molecule is O=C(C[C@@H]1C=C[C@@H](NC(=O)c2cccc(F)c2)[C@@H](CO)O1)Nc1nccs1. The molecule has 2 heterocycles. The first kappa shape index (κ1) is 19.2. The largest absolute Gasteiger partial charge is 0.394 e. The summed E-state index contributed by atoms with van der Waals surface area (Å²) >= 11 is 1.31. The Bertz CT molecular complexity index is 828. The zero-order valence-electron chi connectivity index (χ0n) is 14.2. The molecule has 2 aromatic rings. The molecule has 3 N–H and O–H groups in total. The Balaban J connectivity index is 1.59. The average Bonchev–Trinajstić information content (AvgIpc) is 3.15. The van der Waals surface area contributed by atoms with E-state index in [-0.39, 0.29) is 24.5 Å². The molecule has 2 amide bonds. The van der Waals surface area contributed by atoms with Gasteiger partial charge in [-0.2, -0.15) is 0 Å². The van der Waals surface area contributed by atoms with Gasteiger partial charge in [0.1, 0.15) is 11.9 Å². The van der Waals surface area contributed by atoms with Crippen molar-refractivity contribution in [2.24, 2.45) is 0 Å². The predicted octanol–water partition coefficient (Wildman–Crippen LogP) is 1.73. The number of amides is 2. The Morgan fingerprint density at radius 2 is 2.19 bits per heavy atom. The van der Waals surface area contributed by atoms with Crippen LogP contribution in [0.5, 0.6) is 0 Å². The lowest BCUT2D eigenvalue weighted by Gasteiger charge is -2.31. The number of anilines is 1.